The first-order valence-electron chi connectivity index (χ1n) is 10.6. The van der Waals surface area contributed by atoms with Crippen LogP contribution in [0.4, 0.5) is 0 Å². The van der Waals surface area contributed by atoms with E-state index in [0.717, 1.165) is 49.3 Å². The van der Waals surface area contributed by atoms with Crippen molar-refractivity contribution in [1.29, 1.82) is 0 Å². The molecule has 4 aromatic carbocycles. The Kier molecular flexibility index (Phi) is 4.93. The topological polar surface area (TPSA) is 53.1 Å². The van der Waals surface area contributed by atoms with E-state index in [9.17, 15) is 0 Å². The molecule has 6 heteroatoms. The van der Waals surface area contributed by atoms with Gasteiger partial charge in [-0.3, -0.25) is 4.68 Å². The molecule has 0 atom stereocenters. The molecule has 0 aliphatic rings. The molecule has 0 unspecified atom stereocenters. The Morgan fingerprint density at radius 3 is 2.68 bits per heavy atom. The Balaban J connectivity index is 0.00000217. The van der Waals surface area contributed by atoms with Crippen LogP contribution in [0.25, 0.3) is 49.3 Å². The molecule has 0 bridgehead atoms. The van der Waals surface area contributed by atoms with Crippen molar-refractivity contribution >= 4 is 43.6 Å². The minimum atomic E-state index is 0. The predicted molar refractivity (Wildman–Crippen MR) is 128 cm³/mol. The van der Waals surface area contributed by atoms with Gasteiger partial charge in [0.2, 0.25) is 0 Å². The van der Waals surface area contributed by atoms with Gasteiger partial charge < -0.3 is 14.1 Å². The van der Waals surface area contributed by atoms with Crippen LogP contribution in [0.15, 0.2) is 95.8 Å². The number of aromatic nitrogens is 3. The Hall–Kier alpha value is -3.95. The zero-order valence-electron chi connectivity index (χ0n) is 17.6. The van der Waals surface area contributed by atoms with Crippen LogP contribution in [-0.4, -0.2) is 14.8 Å². The molecule has 0 saturated carbocycles. The van der Waals surface area contributed by atoms with E-state index in [0.29, 0.717) is 11.5 Å². The van der Waals surface area contributed by atoms with Crippen molar-refractivity contribution in [3.63, 3.8) is 0 Å². The summed E-state index contributed by atoms with van der Waals surface area (Å²) in [6.45, 7) is 0. The van der Waals surface area contributed by atoms with Crippen molar-refractivity contribution in [2.45, 2.75) is 0 Å². The summed E-state index contributed by atoms with van der Waals surface area (Å²) in [6.07, 6.45) is 5.40. The molecule has 0 fully saturated rings. The van der Waals surface area contributed by atoms with Crippen LogP contribution < -0.4 is 4.74 Å². The number of furan rings is 1. The summed E-state index contributed by atoms with van der Waals surface area (Å²) in [6, 6.07) is 30.5. The van der Waals surface area contributed by atoms with E-state index in [2.05, 4.69) is 34.3 Å². The molecule has 5 nitrogen and oxygen atoms in total. The van der Waals surface area contributed by atoms with Gasteiger partial charge in [-0.2, -0.15) is 11.2 Å². The molecule has 7 aromatic rings. The van der Waals surface area contributed by atoms with Gasteiger partial charge in [-0.05, 0) is 45.6 Å². The number of nitrogens with zero attached hydrogens (tertiary/aromatic N) is 3. The standard InChI is InChI=1S/C28H15N3O2.Pt/c1-2-10-24-22(9-1)26-25(32-20-8-3-7-19(16-20)31-15-5-14-30-31)17-23-21(28(26)33-24)12-11-18-6-4-13-29-27(18)23;/h1-15H;/q-2;+2. The third-order valence-electron chi connectivity index (χ3n) is 5.80. The number of rotatable bonds is 3. The number of benzene rings is 4. The number of pyridine rings is 1. The normalized spacial score (nSPS) is 11.3. The van der Waals surface area contributed by atoms with Crippen molar-refractivity contribution in [2.75, 3.05) is 0 Å². The molecule has 0 N–H and O–H groups in total. The molecular weight excluding hydrogens is 605 g/mol. The molecule has 0 radical (unpaired) electrons. The first kappa shape index (κ1) is 20.6. The van der Waals surface area contributed by atoms with Crippen LogP contribution in [0, 0.1) is 12.1 Å². The molecule has 0 spiro atoms. The third-order valence-corrected chi connectivity index (χ3v) is 5.80. The number of para-hydroxylation sites is 1. The van der Waals surface area contributed by atoms with E-state index < -0.39 is 0 Å². The molecule has 0 amide bonds. The second-order valence-electron chi connectivity index (χ2n) is 7.77. The van der Waals surface area contributed by atoms with Gasteiger partial charge in [0.1, 0.15) is 5.58 Å². The van der Waals surface area contributed by atoms with Crippen molar-refractivity contribution in [1.82, 2.24) is 14.8 Å². The molecule has 0 aliphatic heterocycles. The average molecular weight is 621 g/mol. The van der Waals surface area contributed by atoms with E-state index >= 15 is 0 Å². The second kappa shape index (κ2) is 8.12. The van der Waals surface area contributed by atoms with E-state index in [4.69, 9.17) is 9.15 Å². The quantitative estimate of drug-likeness (QED) is 0.160. The van der Waals surface area contributed by atoms with Crippen molar-refractivity contribution < 1.29 is 30.2 Å². The van der Waals surface area contributed by atoms with Gasteiger partial charge in [0.15, 0.2) is 0 Å². The SMILES string of the molecule is [Pt+2].[c-]1c(Oc2[c-]c3c(ccc4cccnc43)c3oc4ccccc4c23)cccc1-n1cccn1. The molecule has 3 heterocycles. The molecule has 3 aromatic heterocycles. The monoisotopic (exact) mass is 620 g/mol. The molecule has 0 aliphatic carbocycles. The number of hydrogen-bond acceptors (Lipinski definition) is 4. The van der Waals surface area contributed by atoms with Crippen LogP contribution in [0.2, 0.25) is 0 Å². The fourth-order valence-electron chi connectivity index (χ4n) is 4.32. The summed E-state index contributed by atoms with van der Waals surface area (Å²) in [7, 11) is 0. The minimum absolute atomic E-state index is 0. The Labute approximate surface area is 208 Å². The maximum atomic E-state index is 6.41. The Morgan fingerprint density at radius 2 is 1.76 bits per heavy atom. The van der Waals surface area contributed by atoms with Gasteiger partial charge in [0.05, 0.1) is 11.3 Å². The summed E-state index contributed by atoms with van der Waals surface area (Å²) in [5.41, 5.74) is 3.21. The fraction of sp³-hybridized carbons (Fsp3) is 0. The van der Waals surface area contributed by atoms with Crippen molar-refractivity contribution in [3.8, 4) is 17.2 Å². The first-order chi connectivity index (χ1) is 16.3. The van der Waals surface area contributed by atoms with Crippen LogP contribution >= 0.6 is 0 Å². The molecule has 7 rings (SSSR count). The van der Waals surface area contributed by atoms with E-state index in [1.54, 1.807) is 17.1 Å². The average Bonchev–Trinajstić information content (AvgIpc) is 3.53. The maximum Gasteiger partial charge on any atom is 2.00 e. The van der Waals surface area contributed by atoms with E-state index in [1.165, 1.54) is 0 Å². The van der Waals surface area contributed by atoms with Crippen LogP contribution in [0.3, 0.4) is 0 Å². The summed E-state index contributed by atoms with van der Waals surface area (Å²) in [5.74, 6) is 1.15. The van der Waals surface area contributed by atoms with Crippen molar-refractivity contribution in [3.05, 3.63) is 104 Å². The molecule has 34 heavy (non-hydrogen) atoms. The van der Waals surface area contributed by atoms with Crippen LogP contribution in [-0.2, 0) is 21.1 Å². The number of hydrogen-bond donors (Lipinski definition) is 0. The first-order valence-corrected chi connectivity index (χ1v) is 10.6. The number of fused-ring (bicyclic) bond motifs is 7. The molecule has 0 saturated heterocycles. The molecular formula is C28H15N3O2Pt. The second-order valence-corrected chi connectivity index (χ2v) is 7.77. The Morgan fingerprint density at radius 1 is 0.824 bits per heavy atom. The fourth-order valence-corrected chi connectivity index (χ4v) is 4.32. The van der Waals surface area contributed by atoms with Gasteiger partial charge in [-0.1, -0.05) is 47.9 Å². The summed E-state index contributed by atoms with van der Waals surface area (Å²) >= 11 is 0. The van der Waals surface area contributed by atoms with Crippen LogP contribution in [0.1, 0.15) is 0 Å². The number of ether oxygens (including phenoxy) is 1. The van der Waals surface area contributed by atoms with Gasteiger partial charge >= 0.3 is 21.1 Å². The van der Waals surface area contributed by atoms with Gasteiger partial charge in [0, 0.05) is 24.3 Å². The van der Waals surface area contributed by atoms with E-state index in [1.807, 2.05) is 66.9 Å². The Bertz CT molecular complexity index is 1810. The van der Waals surface area contributed by atoms with Crippen molar-refractivity contribution in [2.24, 2.45) is 0 Å². The third kappa shape index (κ3) is 3.20. The zero-order valence-corrected chi connectivity index (χ0v) is 19.9. The smallest absolute Gasteiger partial charge is 0.502 e. The van der Waals surface area contributed by atoms with Gasteiger partial charge in [-0.15, -0.1) is 23.6 Å². The van der Waals surface area contributed by atoms with E-state index in [-0.39, 0.29) is 21.1 Å². The molecule has 164 valence electrons. The summed E-state index contributed by atoms with van der Waals surface area (Å²) in [4.78, 5) is 4.62. The predicted octanol–water partition coefficient (Wildman–Crippen LogP) is 6.86. The summed E-state index contributed by atoms with van der Waals surface area (Å²) < 4.78 is 14.5. The summed E-state index contributed by atoms with van der Waals surface area (Å²) in [5, 5.41) is 9.00. The van der Waals surface area contributed by atoms with Crippen LogP contribution in [0.5, 0.6) is 11.5 Å². The zero-order chi connectivity index (χ0) is 21.8. The maximum absolute atomic E-state index is 6.41. The largest absolute Gasteiger partial charge is 2.00 e. The van der Waals surface area contributed by atoms with Gasteiger partial charge in [0.25, 0.3) is 0 Å². The minimum Gasteiger partial charge on any atom is -0.502 e. The van der Waals surface area contributed by atoms with Gasteiger partial charge in [-0.25, -0.2) is 0 Å².